The third-order valence-corrected chi connectivity index (χ3v) is 6.41. The van der Waals surface area contributed by atoms with Crippen molar-refractivity contribution >= 4 is 11.8 Å². The lowest BCUT2D eigenvalue weighted by atomic mass is 9.95. The molecule has 1 N–H and O–H groups in total. The number of nitrogens with one attached hydrogen (secondary N) is 1. The van der Waals surface area contributed by atoms with Crippen molar-refractivity contribution in [3.63, 3.8) is 0 Å². The molecule has 1 aliphatic carbocycles. The topological polar surface area (TPSA) is 49.4 Å². The predicted octanol–water partition coefficient (Wildman–Crippen LogP) is 5.10. The summed E-state index contributed by atoms with van der Waals surface area (Å²) < 4.78 is 0. The Morgan fingerprint density at radius 3 is 2.32 bits per heavy atom. The first-order chi connectivity index (χ1) is 15.0. The summed E-state index contributed by atoms with van der Waals surface area (Å²) in [6, 6.07) is 16.0. The summed E-state index contributed by atoms with van der Waals surface area (Å²) in [7, 11) is 0. The van der Waals surface area contributed by atoms with Crippen molar-refractivity contribution in [3.8, 4) is 0 Å². The molecule has 2 aromatic carbocycles. The minimum Gasteiger partial charge on any atom is -0.352 e. The molecule has 1 aliphatic rings. The molecule has 0 aliphatic heterocycles. The van der Waals surface area contributed by atoms with Gasteiger partial charge in [0.15, 0.2) is 0 Å². The summed E-state index contributed by atoms with van der Waals surface area (Å²) in [6.45, 7) is 6.52. The number of rotatable bonds is 8. The van der Waals surface area contributed by atoms with Crippen LogP contribution in [0.2, 0.25) is 0 Å². The number of hydrogen-bond acceptors (Lipinski definition) is 2. The van der Waals surface area contributed by atoms with Crippen LogP contribution in [0.3, 0.4) is 0 Å². The molecule has 0 spiro atoms. The molecule has 31 heavy (non-hydrogen) atoms. The average Bonchev–Trinajstić information content (AvgIpc) is 2.77. The summed E-state index contributed by atoms with van der Waals surface area (Å²) >= 11 is 0. The molecular formula is C27H36N2O2. The monoisotopic (exact) mass is 420 g/mol. The van der Waals surface area contributed by atoms with E-state index >= 15 is 0 Å². The van der Waals surface area contributed by atoms with Gasteiger partial charge in [-0.25, -0.2) is 0 Å². The van der Waals surface area contributed by atoms with Gasteiger partial charge in [0.05, 0.1) is 6.42 Å². The van der Waals surface area contributed by atoms with Crippen molar-refractivity contribution in [1.82, 2.24) is 10.2 Å². The molecule has 1 unspecified atom stereocenters. The van der Waals surface area contributed by atoms with E-state index < -0.39 is 6.04 Å². The van der Waals surface area contributed by atoms with E-state index in [4.69, 9.17) is 0 Å². The maximum Gasteiger partial charge on any atom is 0.243 e. The van der Waals surface area contributed by atoms with Crippen molar-refractivity contribution in [2.75, 3.05) is 0 Å². The molecule has 0 heterocycles. The highest BCUT2D eigenvalue weighted by Crippen LogP contribution is 2.20. The van der Waals surface area contributed by atoms with Crippen molar-refractivity contribution < 1.29 is 9.59 Å². The smallest absolute Gasteiger partial charge is 0.243 e. The van der Waals surface area contributed by atoms with Gasteiger partial charge in [-0.3, -0.25) is 9.59 Å². The van der Waals surface area contributed by atoms with E-state index in [1.165, 1.54) is 24.8 Å². The molecule has 3 rings (SSSR count). The third kappa shape index (κ3) is 6.43. The molecule has 1 atom stereocenters. The number of carbonyl (C=O) groups excluding carboxylic acids is 2. The minimum absolute atomic E-state index is 0.000481. The van der Waals surface area contributed by atoms with Crippen molar-refractivity contribution in [3.05, 3.63) is 70.8 Å². The zero-order chi connectivity index (χ0) is 22.2. The fraction of sp³-hybridized carbons (Fsp3) is 0.481. The fourth-order valence-corrected chi connectivity index (χ4v) is 4.43. The largest absolute Gasteiger partial charge is 0.352 e. The van der Waals surface area contributed by atoms with Crippen molar-refractivity contribution in [2.45, 2.75) is 84.3 Å². The van der Waals surface area contributed by atoms with Crippen LogP contribution in [0.5, 0.6) is 0 Å². The summed E-state index contributed by atoms with van der Waals surface area (Å²) in [4.78, 5) is 28.5. The van der Waals surface area contributed by atoms with Gasteiger partial charge in [0.25, 0.3) is 0 Å². The van der Waals surface area contributed by atoms with Crippen LogP contribution in [0, 0.1) is 13.8 Å². The van der Waals surface area contributed by atoms with E-state index in [0.29, 0.717) is 19.4 Å². The standard InChI is InChI=1S/C27H36N2O2/c1-4-25(27(31)28-24-12-6-5-7-13-24)29(19-22-16-14-20(2)15-17-22)26(30)18-23-11-9-8-10-21(23)3/h8-11,14-17,24-25H,4-7,12-13,18-19H2,1-3H3,(H,28,31). The fourth-order valence-electron chi connectivity index (χ4n) is 4.43. The molecule has 0 aromatic heterocycles. The lowest BCUT2D eigenvalue weighted by Crippen LogP contribution is -2.52. The number of nitrogens with zero attached hydrogens (tertiary/aromatic N) is 1. The van der Waals surface area contributed by atoms with Crippen LogP contribution in [0.15, 0.2) is 48.5 Å². The van der Waals surface area contributed by atoms with Gasteiger partial charge in [-0.2, -0.15) is 0 Å². The molecular weight excluding hydrogens is 384 g/mol. The zero-order valence-electron chi connectivity index (χ0n) is 19.2. The Morgan fingerprint density at radius 1 is 1.00 bits per heavy atom. The minimum atomic E-state index is -0.459. The molecule has 0 radical (unpaired) electrons. The SMILES string of the molecule is CCC(C(=O)NC1CCCCC1)N(Cc1ccc(C)cc1)C(=O)Cc1ccccc1C. The Bertz CT molecular complexity index is 869. The van der Waals surface area contributed by atoms with Gasteiger partial charge in [0.2, 0.25) is 11.8 Å². The molecule has 0 bridgehead atoms. The van der Waals surface area contributed by atoms with Crippen LogP contribution in [0.1, 0.15) is 67.7 Å². The van der Waals surface area contributed by atoms with Gasteiger partial charge < -0.3 is 10.2 Å². The van der Waals surface area contributed by atoms with Gasteiger partial charge in [-0.1, -0.05) is 80.3 Å². The number of carbonyl (C=O) groups is 2. The van der Waals surface area contributed by atoms with Gasteiger partial charge in [0, 0.05) is 12.6 Å². The molecule has 2 aromatic rings. The highest BCUT2D eigenvalue weighted by molar-refractivity contribution is 5.88. The van der Waals surface area contributed by atoms with Crippen molar-refractivity contribution in [2.24, 2.45) is 0 Å². The van der Waals surface area contributed by atoms with Crippen LogP contribution in [0.25, 0.3) is 0 Å². The Kier molecular flexibility index (Phi) is 8.27. The van der Waals surface area contributed by atoms with Crippen LogP contribution >= 0.6 is 0 Å². The normalized spacial score (nSPS) is 15.3. The third-order valence-electron chi connectivity index (χ3n) is 6.41. The first-order valence-corrected chi connectivity index (χ1v) is 11.7. The van der Waals surface area contributed by atoms with Gasteiger partial charge in [-0.15, -0.1) is 0 Å². The van der Waals surface area contributed by atoms with E-state index in [0.717, 1.165) is 29.5 Å². The summed E-state index contributed by atoms with van der Waals surface area (Å²) in [5, 5.41) is 3.24. The van der Waals surface area contributed by atoms with Gasteiger partial charge in [0.1, 0.15) is 6.04 Å². The molecule has 1 fully saturated rings. The lowest BCUT2D eigenvalue weighted by molar-refractivity contribution is -0.141. The summed E-state index contributed by atoms with van der Waals surface area (Å²) in [5.41, 5.74) is 4.35. The molecule has 2 amide bonds. The number of amides is 2. The Morgan fingerprint density at radius 2 is 1.68 bits per heavy atom. The van der Waals surface area contributed by atoms with Crippen LogP contribution in [0.4, 0.5) is 0 Å². The van der Waals surface area contributed by atoms with Crippen LogP contribution in [-0.4, -0.2) is 28.8 Å². The van der Waals surface area contributed by atoms with Crippen molar-refractivity contribution in [1.29, 1.82) is 0 Å². The Balaban J connectivity index is 1.81. The van der Waals surface area contributed by atoms with Crippen LogP contribution in [-0.2, 0) is 22.6 Å². The summed E-state index contributed by atoms with van der Waals surface area (Å²) in [5.74, 6) is -0.0137. The first kappa shape index (κ1) is 23.1. The van der Waals surface area contributed by atoms with E-state index in [1.54, 1.807) is 4.90 Å². The first-order valence-electron chi connectivity index (χ1n) is 11.7. The second kappa shape index (κ2) is 11.1. The second-order valence-corrected chi connectivity index (χ2v) is 8.88. The van der Waals surface area contributed by atoms with E-state index in [9.17, 15) is 9.59 Å². The highest BCUT2D eigenvalue weighted by atomic mass is 16.2. The molecule has 0 saturated heterocycles. The number of hydrogen-bond donors (Lipinski definition) is 1. The van der Waals surface area contributed by atoms with Gasteiger partial charge in [-0.05, 0) is 49.8 Å². The molecule has 4 nitrogen and oxygen atoms in total. The zero-order valence-corrected chi connectivity index (χ0v) is 19.2. The van der Waals surface area contributed by atoms with Gasteiger partial charge >= 0.3 is 0 Å². The molecule has 166 valence electrons. The highest BCUT2D eigenvalue weighted by Gasteiger charge is 2.30. The predicted molar refractivity (Wildman–Crippen MR) is 126 cm³/mol. The van der Waals surface area contributed by atoms with E-state index in [1.807, 2.05) is 38.1 Å². The maximum absolute atomic E-state index is 13.5. The van der Waals surface area contributed by atoms with E-state index in [2.05, 4.69) is 36.5 Å². The van der Waals surface area contributed by atoms with Crippen LogP contribution < -0.4 is 5.32 Å². The van der Waals surface area contributed by atoms with E-state index in [-0.39, 0.29) is 17.9 Å². The lowest BCUT2D eigenvalue weighted by Gasteiger charge is -2.33. The molecule has 1 saturated carbocycles. The Labute approximate surface area is 187 Å². The average molecular weight is 421 g/mol. The molecule has 4 heteroatoms. The summed E-state index contributed by atoms with van der Waals surface area (Å²) in [6.07, 6.45) is 6.57. The number of aryl methyl sites for hydroxylation is 2. The number of benzene rings is 2. The second-order valence-electron chi connectivity index (χ2n) is 8.88. The Hall–Kier alpha value is -2.62. The quantitative estimate of drug-likeness (QED) is 0.646. The maximum atomic E-state index is 13.5.